The predicted octanol–water partition coefficient (Wildman–Crippen LogP) is 7.89. The molecule has 0 unspecified atom stereocenters. The number of hydrazone groups is 1. The lowest BCUT2D eigenvalue weighted by Crippen LogP contribution is -2.20. The molecule has 4 aromatic rings. The quantitative estimate of drug-likeness (QED) is 0.121. The zero-order chi connectivity index (χ0) is 30.1. The number of nitrogens with zero attached hydrogens (tertiary/aromatic N) is 1. The van der Waals surface area contributed by atoms with Crippen molar-refractivity contribution in [3.05, 3.63) is 115 Å². The molecule has 0 fully saturated rings. The number of carbonyl (C=O) groups excluding carboxylic acids is 2. The topological polar surface area (TPSA) is 98.3 Å². The van der Waals surface area contributed by atoms with Crippen molar-refractivity contribution in [2.24, 2.45) is 5.10 Å². The van der Waals surface area contributed by atoms with Gasteiger partial charge in [-0.25, -0.2) is 5.43 Å². The van der Waals surface area contributed by atoms with Crippen LogP contribution in [0.4, 0.5) is 5.69 Å². The van der Waals surface area contributed by atoms with E-state index in [-0.39, 0.29) is 12.5 Å². The van der Waals surface area contributed by atoms with Crippen LogP contribution in [-0.2, 0) is 11.4 Å². The number of carbonyl (C=O) groups is 2. The number of amides is 2. The second-order valence-corrected chi connectivity index (χ2v) is 11.1. The molecule has 4 rings (SSSR count). The maximum Gasteiger partial charge on any atom is 0.271 e. The number of rotatable bonds is 11. The molecule has 0 aliphatic heterocycles. The third-order valence-electron chi connectivity index (χ3n) is 5.61. The van der Waals surface area contributed by atoms with Crippen LogP contribution in [0.3, 0.4) is 0 Å². The first kappa shape index (κ1) is 31.4. The third-order valence-corrected chi connectivity index (χ3v) is 7.53. The highest BCUT2D eigenvalue weighted by Gasteiger charge is 2.13. The number of benzene rings is 4. The van der Waals surface area contributed by atoms with Gasteiger partial charge in [0.15, 0.2) is 18.1 Å². The first-order valence-electron chi connectivity index (χ1n) is 12.3. The summed E-state index contributed by atoms with van der Waals surface area (Å²) in [7, 11) is 1.51. The zero-order valence-electron chi connectivity index (χ0n) is 22.0. The van der Waals surface area contributed by atoms with Gasteiger partial charge in [0.05, 0.1) is 32.3 Å². The molecular formula is C30H23Br2Cl2N3O5. The van der Waals surface area contributed by atoms with Crippen LogP contribution >= 0.6 is 55.1 Å². The van der Waals surface area contributed by atoms with Gasteiger partial charge in [0.25, 0.3) is 11.8 Å². The molecule has 0 spiro atoms. The molecule has 216 valence electrons. The molecule has 0 saturated heterocycles. The van der Waals surface area contributed by atoms with E-state index in [9.17, 15) is 9.59 Å². The van der Waals surface area contributed by atoms with Crippen molar-refractivity contribution in [3.63, 3.8) is 0 Å². The van der Waals surface area contributed by atoms with Gasteiger partial charge in [-0.1, -0.05) is 53.5 Å². The summed E-state index contributed by atoms with van der Waals surface area (Å²) in [5.74, 6) is 0.558. The Hall–Kier alpha value is -3.57. The minimum Gasteiger partial charge on any atom is -0.493 e. The Kier molecular flexibility index (Phi) is 11.2. The van der Waals surface area contributed by atoms with E-state index < -0.39 is 5.91 Å². The third kappa shape index (κ3) is 8.72. The molecule has 2 amide bonds. The first-order valence-corrected chi connectivity index (χ1v) is 14.6. The van der Waals surface area contributed by atoms with E-state index in [0.717, 1.165) is 5.56 Å². The van der Waals surface area contributed by atoms with E-state index in [1.807, 2.05) is 30.3 Å². The van der Waals surface area contributed by atoms with Crippen molar-refractivity contribution >= 4 is 78.8 Å². The lowest BCUT2D eigenvalue weighted by Gasteiger charge is -2.12. The van der Waals surface area contributed by atoms with Gasteiger partial charge in [0.2, 0.25) is 0 Å². The smallest absolute Gasteiger partial charge is 0.271 e. The van der Waals surface area contributed by atoms with Gasteiger partial charge in [-0.15, -0.1) is 0 Å². The van der Waals surface area contributed by atoms with Gasteiger partial charge in [0, 0.05) is 11.3 Å². The van der Waals surface area contributed by atoms with Gasteiger partial charge in [-0.3, -0.25) is 9.59 Å². The van der Waals surface area contributed by atoms with E-state index in [1.54, 1.807) is 48.5 Å². The van der Waals surface area contributed by atoms with Gasteiger partial charge in [-0.2, -0.15) is 5.10 Å². The summed E-state index contributed by atoms with van der Waals surface area (Å²) in [5.41, 5.74) is 5.02. The number of anilines is 1. The minimum atomic E-state index is -0.426. The van der Waals surface area contributed by atoms with Gasteiger partial charge in [-0.05, 0) is 91.5 Å². The van der Waals surface area contributed by atoms with Crippen molar-refractivity contribution in [1.82, 2.24) is 5.43 Å². The van der Waals surface area contributed by atoms with Crippen LogP contribution in [-0.4, -0.2) is 31.7 Å². The average Bonchev–Trinajstić information content (AvgIpc) is 2.98. The fraction of sp³-hybridized carbons (Fsp3) is 0.100. The summed E-state index contributed by atoms with van der Waals surface area (Å²) in [6.45, 7) is 0.119. The van der Waals surface area contributed by atoms with E-state index >= 15 is 0 Å². The fourth-order valence-electron chi connectivity index (χ4n) is 3.59. The number of hydrogen-bond acceptors (Lipinski definition) is 6. The Labute approximate surface area is 269 Å². The van der Waals surface area contributed by atoms with Crippen molar-refractivity contribution in [3.8, 4) is 17.2 Å². The van der Waals surface area contributed by atoms with Crippen LogP contribution < -0.4 is 25.0 Å². The minimum absolute atomic E-state index is 0.250. The highest BCUT2D eigenvalue weighted by molar-refractivity contribution is 9.11. The van der Waals surface area contributed by atoms with Crippen LogP contribution in [0.2, 0.25) is 10.0 Å². The molecule has 2 N–H and O–H groups in total. The van der Waals surface area contributed by atoms with Crippen LogP contribution in [0, 0.1) is 0 Å². The summed E-state index contributed by atoms with van der Waals surface area (Å²) in [6.07, 6.45) is 1.47. The van der Waals surface area contributed by atoms with E-state index in [4.69, 9.17) is 37.4 Å². The molecule has 42 heavy (non-hydrogen) atoms. The number of nitrogens with one attached hydrogen (secondary N) is 2. The molecule has 0 radical (unpaired) electrons. The molecule has 0 aromatic heterocycles. The Balaban J connectivity index is 1.32. The summed E-state index contributed by atoms with van der Waals surface area (Å²) < 4.78 is 18.1. The summed E-state index contributed by atoms with van der Waals surface area (Å²) in [4.78, 5) is 25.0. The Morgan fingerprint density at radius 3 is 2.31 bits per heavy atom. The lowest BCUT2D eigenvalue weighted by atomic mass is 10.2. The van der Waals surface area contributed by atoms with Crippen LogP contribution in [0.1, 0.15) is 21.5 Å². The zero-order valence-corrected chi connectivity index (χ0v) is 26.7. The SMILES string of the molecule is COc1cc(C(=O)N/N=C/c2cc(Br)c(OCC(=O)Nc3ccc(Cl)c(Cl)c3)c(Br)c2)ccc1OCc1ccccc1. The molecule has 0 aliphatic carbocycles. The maximum atomic E-state index is 12.7. The summed E-state index contributed by atoms with van der Waals surface area (Å²) in [6, 6.07) is 22.9. The van der Waals surface area contributed by atoms with Gasteiger partial charge >= 0.3 is 0 Å². The number of halogens is 4. The number of ether oxygens (including phenoxy) is 3. The second-order valence-electron chi connectivity index (χ2n) is 8.62. The molecule has 0 saturated carbocycles. The normalized spacial score (nSPS) is 10.8. The van der Waals surface area contributed by atoms with E-state index in [1.165, 1.54) is 13.3 Å². The molecule has 0 bridgehead atoms. The average molecular weight is 736 g/mol. The van der Waals surface area contributed by atoms with Crippen LogP contribution in [0.15, 0.2) is 92.9 Å². The molecule has 0 heterocycles. The Morgan fingerprint density at radius 1 is 0.881 bits per heavy atom. The molecule has 0 atom stereocenters. The fourth-order valence-corrected chi connectivity index (χ4v) is 5.34. The molecule has 12 heteroatoms. The van der Waals surface area contributed by atoms with Gasteiger partial charge in [0.1, 0.15) is 12.4 Å². The molecular weight excluding hydrogens is 713 g/mol. The van der Waals surface area contributed by atoms with Gasteiger partial charge < -0.3 is 19.5 Å². The van der Waals surface area contributed by atoms with Crippen molar-refractivity contribution in [2.75, 3.05) is 19.0 Å². The lowest BCUT2D eigenvalue weighted by molar-refractivity contribution is -0.118. The number of methoxy groups -OCH3 is 1. The Bertz CT molecular complexity index is 1600. The monoisotopic (exact) mass is 733 g/mol. The van der Waals surface area contributed by atoms with Crippen LogP contribution in [0.5, 0.6) is 17.2 Å². The standard InChI is InChI=1S/C30H23Br2Cl2N3O5/c1-40-27-13-20(7-10-26(27)41-16-18-5-3-2-4-6-18)30(39)37-35-15-19-11-22(31)29(23(32)12-19)42-17-28(38)36-21-8-9-24(33)25(34)14-21/h2-15H,16-17H2,1H3,(H,36,38)(H,37,39)/b35-15+. The summed E-state index contributed by atoms with van der Waals surface area (Å²) >= 11 is 18.8. The van der Waals surface area contributed by atoms with Crippen LogP contribution in [0.25, 0.3) is 0 Å². The highest BCUT2D eigenvalue weighted by Crippen LogP contribution is 2.34. The van der Waals surface area contributed by atoms with E-state index in [2.05, 4.69) is 47.7 Å². The molecule has 0 aliphatic rings. The van der Waals surface area contributed by atoms with Crippen molar-refractivity contribution < 1.29 is 23.8 Å². The predicted molar refractivity (Wildman–Crippen MR) is 171 cm³/mol. The number of hydrogen-bond donors (Lipinski definition) is 2. The van der Waals surface area contributed by atoms with Crippen molar-refractivity contribution in [1.29, 1.82) is 0 Å². The van der Waals surface area contributed by atoms with Crippen molar-refractivity contribution in [2.45, 2.75) is 6.61 Å². The second kappa shape index (κ2) is 15.1. The highest BCUT2D eigenvalue weighted by atomic mass is 79.9. The Morgan fingerprint density at radius 2 is 1.62 bits per heavy atom. The van der Waals surface area contributed by atoms with E-state index in [0.29, 0.717) is 59.7 Å². The summed E-state index contributed by atoms with van der Waals surface area (Å²) in [5, 5.41) is 7.47. The molecule has 4 aromatic carbocycles. The first-order chi connectivity index (χ1) is 20.2. The maximum absolute atomic E-state index is 12.7. The molecule has 8 nitrogen and oxygen atoms in total. The largest absolute Gasteiger partial charge is 0.493 e.